The van der Waals surface area contributed by atoms with E-state index in [1.54, 1.807) is 0 Å². The molecule has 3 heteroatoms. The number of hydrogen-bond acceptors (Lipinski definition) is 2. The van der Waals surface area contributed by atoms with Gasteiger partial charge in [0.05, 0.1) is 11.5 Å². The molecule has 0 heterocycles. The lowest BCUT2D eigenvalue weighted by molar-refractivity contribution is 0.587. The Labute approximate surface area is 76.5 Å². The molecule has 0 aliphatic carbocycles. The van der Waals surface area contributed by atoms with Crippen molar-refractivity contribution in [1.82, 2.24) is 0 Å². The van der Waals surface area contributed by atoms with E-state index >= 15 is 0 Å². The topological polar surface area (TPSA) is 24.7 Å². The Bertz CT molecular complexity index is 190. The molecule has 0 spiro atoms. The molecule has 68 valence electrons. The zero-order valence-corrected chi connectivity index (χ0v) is 9.10. The molecule has 0 amide bonds. The molecular weight excluding hydrogens is 147 g/mol. The second-order valence-electron chi connectivity index (χ2n) is 5.26. The van der Waals surface area contributed by atoms with Crippen LogP contribution in [0.4, 0.5) is 0 Å². The minimum atomic E-state index is -0.0542. The summed E-state index contributed by atoms with van der Waals surface area (Å²) in [7, 11) is 0.784. The van der Waals surface area contributed by atoms with E-state index in [2.05, 4.69) is 36.7 Å². The Kier molecular flexibility index (Phi) is 3.73. The summed E-state index contributed by atoms with van der Waals surface area (Å²) < 4.78 is 0. The summed E-state index contributed by atoms with van der Waals surface area (Å²) in [6, 6.07) is 2.73. The summed E-state index contributed by atoms with van der Waals surface area (Å²) in [6.07, 6.45) is 0. The van der Waals surface area contributed by atoms with Gasteiger partial charge < -0.3 is 0 Å². The van der Waals surface area contributed by atoms with Crippen molar-refractivity contribution in [2.45, 2.75) is 52.4 Å². The average molecular weight is 166 g/mol. The lowest BCUT2D eigenvalue weighted by Crippen LogP contribution is -2.09. The van der Waals surface area contributed by atoms with Gasteiger partial charge >= 0.3 is 0 Å². The first-order valence-electron chi connectivity index (χ1n) is 4.34. The van der Waals surface area contributed by atoms with Crippen LogP contribution in [-0.2, 0) is 0 Å². The van der Waals surface area contributed by atoms with E-state index < -0.39 is 0 Å². The van der Waals surface area contributed by atoms with Gasteiger partial charge in [-0.05, 0) is 26.1 Å². The molecule has 2 nitrogen and oxygen atoms in total. The van der Waals surface area contributed by atoms with Crippen molar-refractivity contribution >= 4 is 13.4 Å². The highest BCUT2D eigenvalue weighted by molar-refractivity contribution is 6.38. The molecule has 0 aliphatic heterocycles. The van der Waals surface area contributed by atoms with Gasteiger partial charge in [-0.15, -0.1) is 0 Å². The zero-order chi connectivity index (χ0) is 9.83. The maximum atomic E-state index is 4.14. The first kappa shape index (κ1) is 11.4. The molecule has 0 aliphatic rings. The molecule has 0 saturated carbocycles. The molecule has 0 rings (SSSR count). The van der Waals surface area contributed by atoms with Crippen LogP contribution in [-0.4, -0.2) is 19.0 Å². The SMILES string of the molecule is CC(C)(C)BN=C=NC(C)(C)C. The van der Waals surface area contributed by atoms with Crippen molar-refractivity contribution in [2.24, 2.45) is 9.90 Å². The van der Waals surface area contributed by atoms with Crippen LogP contribution < -0.4 is 0 Å². The third-order valence-corrected chi connectivity index (χ3v) is 1.01. The Morgan fingerprint density at radius 1 is 1.00 bits per heavy atom. The standard InChI is InChI=1S/C9H19BN2/c1-8(2,3)10-12-7-11-9(4,5)6/h10H,1-6H3. The van der Waals surface area contributed by atoms with Crippen LogP contribution in [0.1, 0.15) is 41.5 Å². The summed E-state index contributed by atoms with van der Waals surface area (Å²) in [5.74, 6) is 0. The van der Waals surface area contributed by atoms with Crippen molar-refractivity contribution in [2.75, 3.05) is 0 Å². The van der Waals surface area contributed by atoms with Crippen LogP contribution in [0.3, 0.4) is 0 Å². The number of nitrogens with zero attached hydrogens (tertiary/aromatic N) is 2. The van der Waals surface area contributed by atoms with E-state index in [9.17, 15) is 0 Å². The van der Waals surface area contributed by atoms with Crippen LogP contribution in [0.5, 0.6) is 0 Å². The quantitative estimate of drug-likeness (QED) is 0.422. The predicted molar refractivity (Wildman–Crippen MR) is 56.5 cm³/mol. The van der Waals surface area contributed by atoms with E-state index in [1.807, 2.05) is 20.8 Å². The molecule has 0 aromatic heterocycles. The molecule has 0 atom stereocenters. The highest BCUT2D eigenvalue weighted by Crippen LogP contribution is 2.19. The van der Waals surface area contributed by atoms with Gasteiger partial charge in [0.25, 0.3) is 7.41 Å². The highest BCUT2D eigenvalue weighted by atomic mass is 14.8. The molecule has 12 heavy (non-hydrogen) atoms. The van der Waals surface area contributed by atoms with Gasteiger partial charge in [-0.3, -0.25) is 4.90 Å². The second-order valence-corrected chi connectivity index (χ2v) is 5.26. The maximum Gasteiger partial charge on any atom is 0.282 e. The van der Waals surface area contributed by atoms with E-state index in [-0.39, 0.29) is 10.9 Å². The third kappa shape index (κ3) is 9.44. The molecule has 0 saturated heterocycles. The summed E-state index contributed by atoms with van der Waals surface area (Å²) in [6.45, 7) is 12.5. The average Bonchev–Trinajstić information content (AvgIpc) is 1.76. The summed E-state index contributed by atoms with van der Waals surface area (Å²) in [5, 5.41) is 0.237. The number of rotatable bonds is 1. The minimum Gasteiger partial charge on any atom is -0.292 e. The molecule has 0 unspecified atom stereocenters. The summed E-state index contributed by atoms with van der Waals surface area (Å²) in [5.41, 5.74) is -0.0542. The fourth-order valence-electron chi connectivity index (χ4n) is 0.458. The summed E-state index contributed by atoms with van der Waals surface area (Å²) in [4.78, 5) is 8.25. The van der Waals surface area contributed by atoms with E-state index in [1.165, 1.54) is 0 Å². The molecular formula is C9H19BN2. The Hall–Kier alpha value is -0.555. The molecule has 0 N–H and O–H groups in total. The lowest BCUT2D eigenvalue weighted by atomic mass is 9.65. The highest BCUT2D eigenvalue weighted by Gasteiger charge is 2.11. The van der Waals surface area contributed by atoms with Crippen LogP contribution in [0.2, 0.25) is 5.31 Å². The Morgan fingerprint density at radius 3 is 1.83 bits per heavy atom. The predicted octanol–water partition coefficient (Wildman–Crippen LogP) is 2.53. The smallest absolute Gasteiger partial charge is 0.282 e. The van der Waals surface area contributed by atoms with Crippen molar-refractivity contribution in [3.63, 3.8) is 0 Å². The van der Waals surface area contributed by atoms with Crippen molar-refractivity contribution < 1.29 is 0 Å². The van der Waals surface area contributed by atoms with Crippen molar-refractivity contribution in [1.29, 1.82) is 0 Å². The van der Waals surface area contributed by atoms with Gasteiger partial charge in [0.1, 0.15) is 0 Å². The van der Waals surface area contributed by atoms with Gasteiger partial charge in [0, 0.05) is 0 Å². The normalized spacial score (nSPS) is 11.8. The lowest BCUT2D eigenvalue weighted by Gasteiger charge is -2.11. The Morgan fingerprint density at radius 2 is 1.50 bits per heavy atom. The summed E-state index contributed by atoms with van der Waals surface area (Å²) >= 11 is 0. The van der Waals surface area contributed by atoms with Crippen molar-refractivity contribution in [3.05, 3.63) is 0 Å². The largest absolute Gasteiger partial charge is 0.292 e. The Balaban J connectivity index is 4.01. The van der Waals surface area contributed by atoms with E-state index in [0.717, 1.165) is 7.41 Å². The van der Waals surface area contributed by atoms with Crippen LogP contribution in [0.15, 0.2) is 9.90 Å². The van der Waals surface area contributed by atoms with Gasteiger partial charge in [-0.1, -0.05) is 20.8 Å². The fourth-order valence-corrected chi connectivity index (χ4v) is 0.458. The molecule has 0 radical (unpaired) electrons. The first-order chi connectivity index (χ1) is 5.21. The fraction of sp³-hybridized carbons (Fsp3) is 0.889. The van der Waals surface area contributed by atoms with E-state index in [4.69, 9.17) is 0 Å². The number of hydrogen-bond donors (Lipinski definition) is 0. The number of aliphatic imine (C=N–C) groups is 1. The molecule has 0 aromatic carbocycles. The molecule has 0 fully saturated rings. The molecule has 0 bridgehead atoms. The van der Waals surface area contributed by atoms with Crippen molar-refractivity contribution in [3.8, 4) is 0 Å². The molecule has 0 aromatic rings. The van der Waals surface area contributed by atoms with E-state index in [0.29, 0.717) is 0 Å². The monoisotopic (exact) mass is 166 g/mol. The van der Waals surface area contributed by atoms with Gasteiger partial charge in [0.15, 0.2) is 0 Å². The van der Waals surface area contributed by atoms with Crippen LogP contribution >= 0.6 is 0 Å². The van der Waals surface area contributed by atoms with Crippen LogP contribution in [0, 0.1) is 0 Å². The second kappa shape index (κ2) is 3.91. The third-order valence-electron chi connectivity index (χ3n) is 1.01. The van der Waals surface area contributed by atoms with Gasteiger partial charge in [-0.2, -0.15) is 0 Å². The maximum absolute atomic E-state index is 4.14. The van der Waals surface area contributed by atoms with Crippen LogP contribution in [0.25, 0.3) is 0 Å². The van der Waals surface area contributed by atoms with Gasteiger partial charge in [-0.25, -0.2) is 4.99 Å². The van der Waals surface area contributed by atoms with Gasteiger partial charge in [0.2, 0.25) is 0 Å². The first-order valence-corrected chi connectivity index (χ1v) is 4.34. The minimum absolute atomic E-state index is 0.0542. The zero-order valence-electron chi connectivity index (χ0n) is 9.10.